The third kappa shape index (κ3) is 25.5. The lowest BCUT2D eigenvalue weighted by Crippen LogP contribution is -2.39. The number of nitrogens with zero attached hydrogens (tertiary/aromatic N) is 2. The van der Waals surface area contributed by atoms with Gasteiger partial charge in [-0.2, -0.15) is 0 Å². The van der Waals surface area contributed by atoms with Gasteiger partial charge in [-0.05, 0) is 25.7 Å². The molecule has 0 aromatic rings. The molecule has 0 aromatic heterocycles. The van der Waals surface area contributed by atoms with E-state index in [2.05, 4.69) is 43.0 Å². The van der Waals surface area contributed by atoms with Crippen molar-refractivity contribution in [3.05, 3.63) is 12.4 Å². The average Bonchev–Trinajstić information content (AvgIpc) is 3.42. The fourth-order valence-electron chi connectivity index (χ4n) is 7.25. The molecular formula is C42H84N2. The zero-order valence-corrected chi connectivity index (χ0v) is 31.1. The molecule has 1 unspecified atom stereocenters. The maximum Gasteiger partial charge on any atom is 0.101 e. The van der Waals surface area contributed by atoms with E-state index in [0.717, 1.165) is 0 Å². The van der Waals surface area contributed by atoms with Gasteiger partial charge >= 0.3 is 0 Å². The van der Waals surface area contributed by atoms with Crippen molar-refractivity contribution in [1.29, 1.82) is 0 Å². The first-order valence-electron chi connectivity index (χ1n) is 21.0. The molecule has 1 rings (SSSR count). The molecule has 0 bridgehead atoms. The summed E-state index contributed by atoms with van der Waals surface area (Å²) < 4.78 is 0. The van der Waals surface area contributed by atoms with Crippen LogP contribution in [0.15, 0.2) is 12.4 Å². The highest BCUT2D eigenvalue weighted by Gasteiger charge is 2.24. The molecular weight excluding hydrogens is 532 g/mol. The molecule has 0 radical (unpaired) electrons. The third-order valence-corrected chi connectivity index (χ3v) is 10.3. The number of hydrogen-bond donors (Lipinski definition) is 0. The summed E-state index contributed by atoms with van der Waals surface area (Å²) in [6.07, 6.45) is 54.4. The van der Waals surface area contributed by atoms with Gasteiger partial charge in [-0.1, -0.05) is 213 Å². The minimum Gasteiger partial charge on any atom is -0.356 e. The summed E-state index contributed by atoms with van der Waals surface area (Å²) in [5, 5.41) is 0. The van der Waals surface area contributed by atoms with Gasteiger partial charge in [0.15, 0.2) is 0 Å². The van der Waals surface area contributed by atoms with E-state index in [9.17, 15) is 0 Å². The molecule has 0 aliphatic carbocycles. The number of unbranched alkanes of at least 4 members (excludes halogenated alkanes) is 30. The number of hydrogen-bond acceptors (Lipinski definition) is 2. The highest BCUT2D eigenvalue weighted by Crippen LogP contribution is 2.24. The summed E-state index contributed by atoms with van der Waals surface area (Å²) in [6.45, 7) is 9.49. The summed E-state index contributed by atoms with van der Waals surface area (Å²) in [6, 6.07) is 0. The van der Waals surface area contributed by atoms with Crippen molar-refractivity contribution in [2.75, 3.05) is 13.1 Å². The maximum atomic E-state index is 2.72. The molecule has 2 nitrogen and oxygen atoms in total. The quantitative estimate of drug-likeness (QED) is 0.0646. The third-order valence-electron chi connectivity index (χ3n) is 10.3. The van der Waals surface area contributed by atoms with E-state index in [4.69, 9.17) is 0 Å². The molecule has 0 spiro atoms. The van der Waals surface area contributed by atoms with E-state index >= 15 is 0 Å². The molecule has 0 saturated heterocycles. The van der Waals surface area contributed by atoms with Gasteiger partial charge in [-0.15, -0.1) is 0 Å². The Labute approximate surface area is 280 Å². The first kappa shape index (κ1) is 41.4. The predicted octanol–water partition coefficient (Wildman–Crippen LogP) is 14.7. The Morgan fingerprint density at radius 2 is 0.523 bits per heavy atom. The van der Waals surface area contributed by atoms with E-state index < -0.39 is 0 Å². The minimum atomic E-state index is 0.639. The normalized spacial score (nSPS) is 14.8. The van der Waals surface area contributed by atoms with Gasteiger partial charge in [0.1, 0.15) is 6.17 Å². The van der Waals surface area contributed by atoms with Crippen molar-refractivity contribution < 1.29 is 0 Å². The van der Waals surface area contributed by atoms with Crippen LogP contribution in [0.1, 0.15) is 239 Å². The van der Waals surface area contributed by atoms with Crippen molar-refractivity contribution in [3.8, 4) is 0 Å². The maximum absolute atomic E-state index is 2.72. The van der Waals surface area contributed by atoms with Gasteiger partial charge in [0.2, 0.25) is 0 Å². The second-order valence-corrected chi connectivity index (χ2v) is 14.6. The summed E-state index contributed by atoms with van der Waals surface area (Å²) >= 11 is 0. The molecule has 0 fully saturated rings. The van der Waals surface area contributed by atoms with Crippen LogP contribution in [0.25, 0.3) is 0 Å². The van der Waals surface area contributed by atoms with Crippen LogP contribution in [0.4, 0.5) is 0 Å². The van der Waals surface area contributed by atoms with Crippen LogP contribution >= 0.6 is 0 Å². The van der Waals surface area contributed by atoms with Crippen LogP contribution in [-0.2, 0) is 0 Å². The second-order valence-electron chi connectivity index (χ2n) is 14.6. The summed E-state index contributed by atoms with van der Waals surface area (Å²) in [5.74, 6) is 0. The largest absolute Gasteiger partial charge is 0.356 e. The standard InChI is InChI=1S/C42H84N2/c1-4-7-10-13-16-19-22-23-24-27-30-33-36-39-44-41-40-43(38-35-32-29-26-21-18-15-12-9-6-3)42(44)37-34-31-28-25-20-17-14-11-8-5-2/h40-42H,4-39H2,1-3H3. The Morgan fingerprint density at radius 1 is 0.295 bits per heavy atom. The molecule has 2 heteroatoms. The van der Waals surface area contributed by atoms with E-state index in [1.165, 1.54) is 231 Å². The Morgan fingerprint density at radius 3 is 0.795 bits per heavy atom. The van der Waals surface area contributed by atoms with Gasteiger partial charge in [-0.3, -0.25) is 0 Å². The van der Waals surface area contributed by atoms with Gasteiger partial charge < -0.3 is 9.80 Å². The van der Waals surface area contributed by atoms with Crippen LogP contribution in [0.3, 0.4) is 0 Å². The smallest absolute Gasteiger partial charge is 0.101 e. The SMILES string of the molecule is CCCCCCCCCCCCCCCN1C=CN(CCCCCCCCCCCC)C1CCCCCCCCCCCC. The molecule has 1 aliphatic rings. The van der Waals surface area contributed by atoms with Gasteiger partial charge in [-0.25, -0.2) is 0 Å². The Hall–Kier alpha value is -0.660. The first-order chi connectivity index (χ1) is 21.8. The first-order valence-corrected chi connectivity index (χ1v) is 21.0. The van der Waals surface area contributed by atoms with E-state index in [1.807, 2.05) is 0 Å². The molecule has 1 atom stereocenters. The Bertz CT molecular complexity index is 572. The molecule has 44 heavy (non-hydrogen) atoms. The highest BCUT2D eigenvalue weighted by molar-refractivity contribution is 4.97. The fraction of sp³-hybridized carbons (Fsp3) is 0.952. The zero-order valence-electron chi connectivity index (χ0n) is 31.1. The molecule has 1 heterocycles. The minimum absolute atomic E-state index is 0.639. The monoisotopic (exact) mass is 617 g/mol. The zero-order chi connectivity index (χ0) is 31.6. The molecule has 0 aromatic carbocycles. The van der Waals surface area contributed by atoms with Crippen LogP contribution in [0, 0.1) is 0 Å². The second kappa shape index (κ2) is 33.7. The van der Waals surface area contributed by atoms with Crippen LogP contribution in [0.5, 0.6) is 0 Å². The summed E-state index contributed by atoms with van der Waals surface area (Å²) in [7, 11) is 0. The van der Waals surface area contributed by atoms with Crippen LogP contribution in [0.2, 0.25) is 0 Å². The van der Waals surface area contributed by atoms with E-state index in [-0.39, 0.29) is 0 Å². The van der Waals surface area contributed by atoms with Gasteiger partial charge in [0.25, 0.3) is 0 Å². The van der Waals surface area contributed by atoms with Crippen molar-refractivity contribution in [3.63, 3.8) is 0 Å². The lowest BCUT2D eigenvalue weighted by molar-refractivity contribution is 0.135. The highest BCUT2D eigenvalue weighted by atomic mass is 15.4. The molecule has 0 N–H and O–H groups in total. The van der Waals surface area contributed by atoms with E-state index in [1.54, 1.807) is 0 Å². The van der Waals surface area contributed by atoms with Crippen molar-refractivity contribution in [2.45, 2.75) is 245 Å². The molecule has 1 aliphatic heterocycles. The van der Waals surface area contributed by atoms with E-state index in [0.29, 0.717) is 6.17 Å². The van der Waals surface area contributed by atoms with Gasteiger partial charge in [0, 0.05) is 25.5 Å². The number of rotatable bonds is 36. The summed E-state index contributed by atoms with van der Waals surface area (Å²) in [5.41, 5.74) is 0. The molecule has 262 valence electrons. The summed E-state index contributed by atoms with van der Waals surface area (Å²) in [4.78, 5) is 5.45. The molecule has 0 amide bonds. The average molecular weight is 617 g/mol. The van der Waals surface area contributed by atoms with Crippen molar-refractivity contribution in [1.82, 2.24) is 9.80 Å². The predicted molar refractivity (Wildman–Crippen MR) is 200 cm³/mol. The lowest BCUT2D eigenvalue weighted by Gasteiger charge is -2.33. The fourth-order valence-corrected chi connectivity index (χ4v) is 7.25. The van der Waals surface area contributed by atoms with Crippen molar-refractivity contribution >= 4 is 0 Å². The topological polar surface area (TPSA) is 6.48 Å². The lowest BCUT2D eigenvalue weighted by atomic mass is 10.0. The van der Waals surface area contributed by atoms with Gasteiger partial charge in [0.05, 0.1) is 0 Å². The Kier molecular flexibility index (Phi) is 31.7. The Balaban J connectivity index is 2.22. The van der Waals surface area contributed by atoms with Crippen LogP contribution in [-0.4, -0.2) is 29.1 Å². The van der Waals surface area contributed by atoms with Crippen molar-refractivity contribution in [2.24, 2.45) is 0 Å². The molecule has 0 saturated carbocycles. The van der Waals surface area contributed by atoms with Crippen LogP contribution < -0.4 is 0 Å².